The van der Waals surface area contributed by atoms with Crippen molar-refractivity contribution in [3.8, 4) is 0 Å². The van der Waals surface area contributed by atoms with Crippen LogP contribution in [0.5, 0.6) is 0 Å². The summed E-state index contributed by atoms with van der Waals surface area (Å²) in [4.78, 5) is 0. The first-order valence-electron chi connectivity index (χ1n) is 5.01. The van der Waals surface area contributed by atoms with Crippen molar-refractivity contribution < 1.29 is 9.47 Å². The van der Waals surface area contributed by atoms with Gasteiger partial charge in [0.15, 0.2) is 0 Å². The molecule has 0 aromatic heterocycles. The van der Waals surface area contributed by atoms with Gasteiger partial charge in [0, 0.05) is 14.2 Å². The van der Waals surface area contributed by atoms with Gasteiger partial charge in [-0.1, -0.05) is 25.0 Å². The lowest BCUT2D eigenvalue weighted by molar-refractivity contribution is -0.0441. The molecular weight excluding hydrogens is 180 g/mol. The lowest BCUT2D eigenvalue weighted by Crippen LogP contribution is -2.20. The van der Waals surface area contributed by atoms with Gasteiger partial charge in [-0.3, -0.25) is 0 Å². The number of rotatable bonds is 9. The molecule has 3 heteroatoms. The van der Waals surface area contributed by atoms with E-state index in [1.807, 2.05) is 6.08 Å². The molecule has 0 radical (unpaired) electrons. The number of hydrogen-bond acceptors (Lipinski definition) is 2. The molecule has 0 saturated carbocycles. The average Bonchev–Trinajstić information content (AvgIpc) is 2.17. The average molecular weight is 202 g/mol. The fourth-order valence-corrected chi connectivity index (χ4v) is 2.73. The van der Waals surface area contributed by atoms with Gasteiger partial charge in [0.1, 0.15) is 5.91 Å². The van der Waals surface area contributed by atoms with Crippen molar-refractivity contribution in [1.82, 2.24) is 0 Å². The predicted molar refractivity (Wildman–Crippen MR) is 59.8 cm³/mol. The normalized spacial score (nSPS) is 11.6. The molecule has 0 N–H and O–H groups in total. The summed E-state index contributed by atoms with van der Waals surface area (Å²) in [7, 11) is 3.26. The Morgan fingerprint density at radius 2 is 1.92 bits per heavy atom. The van der Waals surface area contributed by atoms with Gasteiger partial charge in [-0.2, -0.15) is 0 Å². The van der Waals surface area contributed by atoms with Crippen molar-refractivity contribution in [3.05, 3.63) is 12.7 Å². The lowest BCUT2D eigenvalue weighted by Gasteiger charge is -2.11. The molecule has 0 spiro atoms. The van der Waals surface area contributed by atoms with E-state index in [2.05, 4.69) is 6.58 Å². The van der Waals surface area contributed by atoms with Gasteiger partial charge in [0.25, 0.3) is 0 Å². The van der Waals surface area contributed by atoms with Crippen molar-refractivity contribution in [2.24, 2.45) is 0 Å². The van der Waals surface area contributed by atoms with E-state index < -0.39 is 0 Å². The maximum Gasteiger partial charge on any atom is 0.134 e. The number of ether oxygens (including phenoxy) is 2. The molecule has 0 aliphatic carbocycles. The first-order chi connectivity index (χ1) is 6.35. The zero-order valence-electron chi connectivity index (χ0n) is 8.92. The van der Waals surface area contributed by atoms with Crippen molar-refractivity contribution >= 4 is 9.52 Å². The summed E-state index contributed by atoms with van der Waals surface area (Å²) in [6.07, 6.45) is 7.06. The first kappa shape index (κ1) is 12.9. The zero-order valence-corrected chi connectivity index (χ0v) is 10.3. The third kappa shape index (κ3) is 8.21. The summed E-state index contributed by atoms with van der Waals surface area (Å²) in [6.45, 7) is 3.70. The van der Waals surface area contributed by atoms with Gasteiger partial charge in [0.2, 0.25) is 0 Å². The highest BCUT2D eigenvalue weighted by Gasteiger charge is 2.03. The van der Waals surface area contributed by atoms with Crippen molar-refractivity contribution in [2.45, 2.75) is 37.6 Å². The predicted octanol–water partition coefficient (Wildman–Crippen LogP) is 1.90. The van der Waals surface area contributed by atoms with Crippen LogP contribution in [0.3, 0.4) is 0 Å². The monoisotopic (exact) mass is 202 g/mol. The number of allylic oxidation sites excluding steroid dienone is 1. The molecular formula is C10H22O2Si. The Morgan fingerprint density at radius 3 is 2.46 bits per heavy atom. The molecule has 0 saturated heterocycles. The highest BCUT2D eigenvalue weighted by molar-refractivity contribution is 6.36. The topological polar surface area (TPSA) is 18.5 Å². The number of methoxy groups -OCH3 is 2. The van der Waals surface area contributed by atoms with Crippen LogP contribution in [0.2, 0.25) is 6.04 Å². The molecule has 0 aliphatic rings. The van der Waals surface area contributed by atoms with E-state index in [1.54, 1.807) is 14.2 Å². The van der Waals surface area contributed by atoms with E-state index in [0.717, 1.165) is 6.42 Å². The summed E-state index contributed by atoms with van der Waals surface area (Å²) in [5, 5.41) is 0. The Bertz CT molecular complexity index is 113. The molecule has 2 nitrogen and oxygen atoms in total. The molecule has 0 fully saturated rings. The second kappa shape index (κ2) is 9.96. The minimum atomic E-state index is -0.179. The van der Waals surface area contributed by atoms with Crippen molar-refractivity contribution in [2.75, 3.05) is 14.2 Å². The number of hydrogen-bond donors (Lipinski definition) is 0. The standard InChI is InChI=1S/C10H22O2Si/c1-4-5-6-7-8-9-13-10(11-2)12-3/h4,10H,1,5-9,13H2,2-3H3. The highest BCUT2D eigenvalue weighted by atomic mass is 28.2. The van der Waals surface area contributed by atoms with E-state index in [4.69, 9.17) is 9.47 Å². The Morgan fingerprint density at radius 1 is 1.23 bits per heavy atom. The highest BCUT2D eigenvalue weighted by Crippen LogP contribution is 2.04. The fraction of sp³-hybridized carbons (Fsp3) is 0.800. The van der Waals surface area contributed by atoms with Crippen LogP contribution in [-0.4, -0.2) is 29.7 Å². The van der Waals surface area contributed by atoms with Crippen LogP contribution in [-0.2, 0) is 9.47 Å². The Hall–Kier alpha value is -0.123. The quantitative estimate of drug-likeness (QED) is 0.246. The molecule has 0 aromatic carbocycles. The molecule has 78 valence electrons. The lowest BCUT2D eigenvalue weighted by atomic mass is 10.2. The molecule has 0 bridgehead atoms. The Kier molecular flexibility index (Phi) is 9.87. The van der Waals surface area contributed by atoms with Gasteiger partial charge in [-0.25, -0.2) is 0 Å². The molecule has 0 unspecified atom stereocenters. The molecule has 0 rings (SSSR count). The van der Waals surface area contributed by atoms with Gasteiger partial charge in [-0.05, 0) is 12.8 Å². The van der Waals surface area contributed by atoms with Crippen molar-refractivity contribution in [3.63, 3.8) is 0 Å². The maximum absolute atomic E-state index is 5.15. The van der Waals surface area contributed by atoms with Gasteiger partial charge >= 0.3 is 0 Å². The minimum Gasteiger partial charge on any atom is -0.360 e. The summed E-state index contributed by atoms with van der Waals surface area (Å²) < 4.78 is 10.3. The Labute approximate surface area is 84.1 Å². The summed E-state index contributed by atoms with van der Waals surface area (Å²) in [6, 6.07) is 1.32. The maximum atomic E-state index is 5.15. The van der Waals surface area contributed by atoms with E-state index in [0.29, 0.717) is 0 Å². The SMILES string of the molecule is C=CCCCCC[SiH2]C(OC)OC. The van der Waals surface area contributed by atoms with Crippen LogP contribution < -0.4 is 0 Å². The summed E-state index contributed by atoms with van der Waals surface area (Å²) >= 11 is 0. The van der Waals surface area contributed by atoms with Gasteiger partial charge in [-0.15, -0.1) is 6.58 Å². The summed E-state index contributed by atoms with van der Waals surface area (Å²) in [5.74, 6) is 0.124. The molecule has 0 atom stereocenters. The summed E-state index contributed by atoms with van der Waals surface area (Å²) in [5.41, 5.74) is 0. The smallest absolute Gasteiger partial charge is 0.134 e. The minimum absolute atomic E-state index is 0.124. The molecule has 13 heavy (non-hydrogen) atoms. The van der Waals surface area contributed by atoms with E-state index >= 15 is 0 Å². The van der Waals surface area contributed by atoms with E-state index in [9.17, 15) is 0 Å². The Balaban J connectivity index is 3.09. The van der Waals surface area contributed by atoms with Crippen LogP contribution in [0, 0.1) is 0 Å². The number of unbranched alkanes of at least 4 members (excludes halogenated alkanes) is 3. The fourth-order valence-electron chi connectivity index (χ4n) is 1.29. The molecule has 0 aliphatic heterocycles. The largest absolute Gasteiger partial charge is 0.360 e. The third-order valence-electron chi connectivity index (χ3n) is 2.12. The van der Waals surface area contributed by atoms with Crippen LogP contribution in [0.25, 0.3) is 0 Å². The van der Waals surface area contributed by atoms with Gasteiger partial charge in [0.05, 0.1) is 9.52 Å². The van der Waals surface area contributed by atoms with Crippen LogP contribution in [0.1, 0.15) is 25.7 Å². The molecule has 0 amide bonds. The van der Waals surface area contributed by atoms with Crippen LogP contribution >= 0.6 is 0 Å². The van der Waals surface area contributed by atoms with Gasteiger partial charge < -0.3 is 9.47 Å². The molecule has 0 heterocycles. The second-order valence-electron chi connectivity index (χ2n) is 3.18. The van der Waals surface area contributed by atoms with Crippen LogP contribution in [0.15, 0.2) is 12.7 Å². The second-order valence-corrected chi connectivity index (χ2v) is 5.13. The van der Waals surface area contributed by atoms with Crippen LogP contribution in [0.4, 0.5) is 0 Å². The third-order valence-corrected chi connectivity index (χ3v) is 4.17. The van der Waals surface area contributed by atoms with E-state index in [1.165, 1.54) is 25.3 Å². The van der Waals surface area contributed by atoms with E-state index in [-0.39, 0.29) is 15.4 Å². The van der Waals surface area contributed by atoms with Crippen molar-refractivity contribution in [1.29, 1.82) is 0 Å². The zero-order chi connectivity index (χ0) is 9.94. The molecule has 0 aromatic rings. The first-order valence-corrected chi connectivity index (χ1v) is 6.83.